The fourth-order valence-electron chi connectivity index (χ4n) is 3.08. The largest absolute Gasteiger partial charge is 0.497 e. The Morgan fingerprint density at radius 3 is 2.41 bits per heavy atom. The summed E-state index contributed by atoms with van der Waals surface area (Å²) in [5.41, 5.74) is 2.45. The summed E-state index contributed by atoms with van der Waals surface area (Å²) >= 11 is 1.52. The molecule has 0 unspecified atom stereocenters. The fraction of sp³-hybridized carbons (Fsp3) is 0.130. The van der Waals surface area contributed by atoms with Crippen LogP contribution in [0.1, 0.15) is 5.56 Å². The van der Waals surface area contributed by atoms with Crippen LogP contribution in [0.15, 0.2) is 82.7 Å². The lowest BCUT2D eigenvalue weighted by molar-refractivity contribution is 0.414. The molecule has 1 heterocycles. The van der Waals surface area contributed by atoms with Gasteiger partial charge in [0.05, 0.1) is 30.8 Å². The van der Waals surface area contributed by atoms with E-state index in [4.69, 9.17) is 14.5 Å². The van der Waals surface area contributed by atoms with Crippen LogP contribution >= 0.6 is 11.8 Å². The van der Waals surface area contributed by atoms with E-state index in [0.29, 0.717) is 21.8 Å². The van der Waals surface area contributed by atoms with Crippen LogP contribution in [0.2, 0.25) is 0 Å². The zero-order chi connectivity index (χ0) is 20.2. The van der Waals surface area contributed by atoms with Gasteiger partial charge in [0.15, 0.2) is 5.16 Å². The predicted molar refractivity (Wildman–Crippen MR) is 116 cm³/mol. The molecule has 0 aliphatic heterocycles. The van der Waals surface area contributed by atoms with Gasteiger partial charge in [0.1, 0.15) is 11.5 Å². The average molecular weight is 404 g/mol. The number of nitrogens with zero attached hydrogens (tertiary/aromatic N) is 2. The molecule has 0 amide bonds. The lowest BCUT2D eigenvalue weighted by Gasteiger charge is -2.14. The average Bonchev–Trinajstić information content (AvgIpc) is 2.78. The number of para-hydroxylation sites is 1. The second kappa shape index (κ2) is 8.41. The van der Waals surface area contributed by atoms with Gasteiger partial charge in [-0.2, -0.15) is 0 Å². The van der Waals surface area contributed by atoms with E-state index in [1.165, 1.54) is 11.8 Å². The van der Waals surface area contributed by atoms with Crippen LogP contribution in [-0.4, -0.2) is 23.8 Å². The fourth-order valence-corrected chi connectivity index (χ4v) is 4.03. The minimum atomic E-state index is -0.0890. The lowest BCUT2D eigenvalue weighted by Crippen LogP contribution is -2.21. The molecular formula is C23H20N2O3S. The first-order chi connectivity index (χ1) is 14.2. The second-order valence-corrected chi connectivity index (χ2v) is 7.33. The minimum Gasteiger partial charge on any atom is -0.497 e. The molecule has 1 aromatic heterocycles. The molecule has 4 rings (SSSR count). The van der Waals surface area contributed by atoms with E-state index < -0.39 is 0 Å². The molecule has 0 atom stereocenters. The normalized spacial score (nSPS) is 10.8. The highest BCUT2D eigenvalue weighted by molar-refractivity contribution is 7.98. The maximum Gasteiger partial charge on any atom is 0.266 e. The van der Waals surface area contributed by atoms with Crippen molar-refractivity contribution >= 4 is 22.7 Å². The van der Waals surface area contributed by atoms with Gasteiger partial charge in [-0.1, -0.05) is 36.0 Å². The first kappa shape index (κ1) is 19.1. The van der Waals surface area contributed by atoms with E-state index in [-0.39, 0.29) is 5.56 Å². The highest BCUT2D eigenvalue weighted by atomic mass is 32.2. The number of ether oxygens (including phenoxy) is 2. The maximum absolute atomic E-state index is 13.3. The Bertz CT molecular complexity index is 1200. The summed E-state index contributed by atoms with van der Waals surface area (Å²) in [5.74, 6) is 2.21. The van der Waals surface area contributed by atoms with Crippen molar-refractivity contribution in [3.63, 3.8) is 0 Å². The van der Waals surface area contributed by atoms with Crippen molar-refractivity contribution in [3.8, 4) is 17.2 Å². The Hall–Kier alpha value is -3.25. The molecule has 4 aromatic rings. The quantitative estimate of drug-likeness (QED) is 0.345. The molecule has 5 nitrogen and oxygen atoms in total. The third-order valence-corrected chi connectivity index (χ3v) is 5.59. The van der Waals surface area contributed by atoms with Crippen LogP contribution in [0.4, 0.5) is 0 Å². The van der Waals surface area contributed by atoms with Crippen LogP contribution in [0.3, 0.4) is 0 Å². The van der Waals surface area contributed by atoms with Gasteiger partial charge in [-0.15, -0.1) is 0 Å². The van der Waals surface area contributed by atoms with E-state index in [2.05, 4.69) is 0 Å². The van der Waals surface area contributed by atoms with Crippen LogP contribution in [0.25, 0.3) is 16.6 Å². The molecule has 0 fully saturated rings. The third-order valence-electron chi connectivity index (χ3n) is 4.58. The second-order valence-electron chi connectivity index (χ2n) is 6.39. The van der Waals surface area contributed by atoms with Crippen LogP contribution in [0.5, 0.6) is 11.5 Å². The molecule has 6 heteroatoms. The zero-order valence-electron chi connectivity index (χ0n) is 16.2. The van der Waals surface area contributed by atoms with Gasteiger partial charge in [-0.25, -0.2) is 4.98 Å². The molecule has 3 aromatic carbocycles. The van der Waals surface area contributed by atoms with Gasteiger partial charge >= 0.3 is 0 Å². The Balaban J connectivity index is 1.79. The molecule has 0 radical (unpaired) electrons. The molecule has 0 saturated carbocycles. The number of fused-ring (bicyclic) bond motifs is 1. The standard InChI is InChI=1S/C23H20N2O3S/c1-27-18-12-10-17(11-13-18)25-22(26)20-8-3-4-9-21(20)24-23(25)29-15-16-6-5-7-19(14-16)28-2/h3-14H,15H2,1-2H3. The number of aromatic nitrogens is 2. The van der Waals surface area contributed by atoms with Gasteiger partial charge in [0.2, 0.25) is 0 Å². The van der Waals surface area contributed by atoms with E-state index in [1.54, 1.807) is 24.9 Å². The van der Waals surface area contributed by atoms with Crippen molar-refractivity contribution in [1.29, 1.82) is 0 Å². The molecule has 29 heavy (non-hydrogen) atoms. The molecule has 0 aliphatic carbocycles. The van der Waals surface area contributed by atoms with Crippen molar-refractivity contribution in [2.24, 2.45) is 0 Å². The molecule has 0 saturated heterocycles. The van der Waals surface area contributed by atoms with Crippen molar-refractivity contribution in [2.45, 2.75) is 10.9 Å². The molecule has 0 N–H and O–H groups in total. The topological polar surface area (TPSA) is 53.4 Å². The summed E-state index contributed by atoms with van der Waals surface area (Å²) in [6, 6.07) is 22.7. The number of rotatable bonds is 6. The monoisotopic (exact) mass is 404 g/mol. The van der Waals surface area contributed by atoms with Crippen molar-refractivity contribution in [1.82, 2.24) is 9.55 Å². The van der Waals surface area contributed by atoms with Gasteiger partial charge < -0.3 is 9.47 Å². The Kier molecular flexibility index (Phi) is 5.53. The summed E-state index contributed by atoms with van der Waals surface area (Å²) in [5, 5.41) is 1.23. The number of hydrogen-bond acceptors (Lipinski definition) is 5. The van der Waals surface area contributed by atoms with Gasteiger partial charge in [-0.05, 0) is 54.1 Å². The zero-order valence-corrected chi connectivity index (χ0v) is 17.0. The Morgan fingerprint density at radius 1 is 0.897 bits per heavy atom. The number of methoxy groups -OCH3 is 2. The number of benzene rings is 3. The highest BCUT2D eigenvalue weighted by Crippen LogP contribution is 2.26. The first-order valence-electron chi connectivity index (χ1n) is 9.11. The van der Waals surface area contributed by atoms with Crippen molar-refractivity contribution in [3.05, 3.63) is 88.7 Å². The highest BCUT2D eigenvalue weighted by Gasteiger charge is 2.13. The number of thioether (sulfide) groups is 1. The molecule has 0 aliphatic rings. The first-order valence-corrected chi connectivity index (χ1v) is 10.1. The summed E-state index contributed by atoms with van der Waals surface area (Å²) in [6.07, 6.45) is 0. The van der Waals surface area contributed by atoms with E-state index in [9.17, 15) is 4.79 Å². The number of hydrogen-bond donors (Lipinski definition) is 0. The van der Waals surface area contributed by atoms with Crippen molar-refractivity contribution < 1.29 is 9.47 Å². The molecule has 0 bridgehead atoms. The van der Waals surface area contributed by atoms with Crippen LogP contribution in [0, 0.1) is 0 Å². The van der Waals surface area contributed by atoms with Crippen LogP contribution in [-0.2, 0) is 5.75 Å². The van der Waals surface area contributed by atoms with Crippen LogP contribution < -0.4 is 15.0 Å². The molecule has 0 spiro atoms. The smallest absolute Gasteiger partial charge is 0.266 e. The van der Waals surface area contributed by atoms with E-state index >= 15 is 0 Å². The summed E-state index contributed by atoms with van der Waals surface area (Å²) in [6.45, 7) is 0. The lowest BCUT2D eigenvalue weighted by atomic mass is 10.2. The van der Waals surface area contributed by atoms with Gasteiger partial charge in [0, 0.05) is 5.75 Å². The van der Waals surface area contributed by atoms with Crippen molar-refractivity contribution in [2.75, 3.05) is 14.2 Å². The summed E-state index contributed by atoms with van der Waals surface area (Å²) in [4.78, 5) is 18.1. The minimum absolute atomic E-state index is 0.0890. The summed E-state index contributed by atoms with van der Waals surface area (Å²) in [7, 11) is 3.27. The SMILES string of the molecule is COc1ccc(-n2c(SCc3cccc(OC)c3)nc3ccccc3c2=O)cc1. The van der Waals surface area contributed by atoms with E-state index in [1.807, 2.05) is 66.7 Å². The third kappa shape index (κ3) is 3.98. The molecular weight excluding hydrogens is 384 g/mol. The van der Waals surface area contributed by atoms with Gasteiger partial charge in [-0.3, -0.25) is 9.36 Å². The Morgan fingerprint density at radius 2 is 1.66 bits per heavy atom. The summed E-state index contributed by atoms with van der Waals surface area (Å²) < 4.78 is 12.2. The van der Waals surface area contributed by atoms with Gasteiger partial charge in [0.25, 0.3) is 5.56 Å². The Labute approximate surface area is 172 Å². The molecule has 146 valence electrons. The maximum atomic E-state index is 13.3. The predicted octanol–water partition coefficient (Wildman–Crippen LogP) is 4.70. The van der Waals surface area contributed by atoms with E-state index in [0.717, 1.165) is 22.7 Å².